The van der Waals surface area contributed by atoms with Crippen molar-refractivity contribution in [2.45, 2.75) is 290 Å². The van der Waals surface area contributed by atoms with Crippen LogP contribution in [0.1, 0.15) is 284 Å². The molecular formula is C82H137NO8P+. The first kappa shape index (κ1) is 87.4. The van der Waals surface area contributed by atoms with Gasteiger partial charge in [0, 0.05) is 12.8 Å². The number of nitrogens with zero attached hydrogens (tertiary/aromatic N) is 1. The Balaban J connectivity index is 4.12. The van der Waals surface area contributed by atoms with Crippen LogP contribution in [0.3, 0.4) is 0 Å². The zero-order valence-corrected chi connectivity index (χ0v) is 60.4. The number of unbranched alkanes of at least 4 members (excludes halogenated alkanes) is 24. The smallest absolute Gasteiger partial charge is 0.462 e. The molecule has 2 atom stereocenters. The summed E-state index contributed by atoms with van der Waals surface area (Å²) in [4.78, 5) is 35.9. The Kier molecular flexibility index (Phi) is 67.1. The third-order valence-corrected chi connectivity index (χ3v) is 16.2. The molecule has 0 aliphatic heterocycles. The van der Waals surface area contributed by atoms with Gasteiger partial charge >= 0.3 is 19.8 Å². The number of hydrogen-bond acceptors (Lipinski definition) is 7. The van der Waals surface area contributed by atoms with Crippen LogP contribution in [0, 0.1) is 0 Å². The number of allylic oxidation sites excluding steroid dienone is 28. The summed E-state index contributed by atoms with van der Waals surface area (Å²) in [6.07, 6.45) is 108. The van der Waals surface area contributed by atoms with Gasteiger partial charge in [0.05, 0.1) is 27.7 Å². The van der Waals surface area contributed by atoms with Gasteiger partial charge in [-0.2, -0.15) is 0 Å². The highest BCUT2D eigenvalue weighted by Gasteiger charge is 2.27. The van der Waals surface area contributed by atoms with Crippen molar-refractivity contribution in [2.75, 3.05) is 47.5 Å². The van der Waals surface area contributed by atoms with E-state index in [0.717, 1.165) is 122 Å². The lowest BCUT2D eigenvalue weighted by Crippen LogP contribution is -2.37. The van der Waals surface area contributed by atoms with Crippen molar-refractivity contribution in [3.63, 3.8) is 0 Å². The number of esters is 2. The van der Waals surface area contributed by atoms with E-state index >= 15 is 0 Å². The van der Waals surface area contributed by atoms with Gasteiger partial charge in [0.2, 0.25) is 0 Å². The molecule has 10 heteroatoms. The number of likely N-dealkylation sites (N-methyl/N-ethyl adjacent to an activating group) is 1. The van der Waals surface area contributed by atoms with Crippen molar-refractivity contribution in [3.05, 3.63) is 170 Å². The van der Waals surface area contributed by atoms with E-state index in [2.05, 4.69) is 184 Å². The number of phosphoric ester groups is 1. The van der Waals surface area contributed by atoms with Crippen LogP contribution in [0.15, 0.2) is 170 Å². The first-order chi connectivity index (χ1) is 45.0. The molecule has 0 aliphatic rings. The van der Waals surface area contributed by atoms with E-state index in [1.54, 1.807) is 0 Å². The summed E-state index contributed by atoms with van der Waals surface area (Å²) < 4.78 is 34.7. The van der Waals surface area contributed by atoms with Gasteiger partial charge in [0.25, 0.3) is 0 Å². The summed E-state index contributed by atoms with van der Waals surface area (Å²) in [6.45, 7) is 4.16. The maximum absolute atomic E-state index is 12.9. The maximum Gasteiger partial charge on any atom is 0.472 e. The Morgan fingerprint density at radius 2 is 0.587 bits per heavy atom. The number of rotatable bonds is 66. The van der Waals surface area contributed by atoms with Crippen molar-refractivity contribution in [1.29, 1.82) is 0 Å². The second-order valence-electron chi connectivity index (χ2n) is 25.2. The molecule has 0 aliphatic carbocycles. The largest absolute Gasteiger partial charge is 0.472 e. The minimum atomic E-state index is -4.42. The van der Waals surface area contributed by atoms with Gasteiger partial charge < -0.3 is 18.9 Å². The van der Waals surface area contributed by atoms with E-state index in [9.17, 15) is 19.0 Å². The number of carbonyl (C=O) groups is 2. The van der Waals surface area contributed by atoms with Crippen LogP contribution >= 0.6 is 7.82 Å². The van der Waals surface area contributed by atoms with E-state index in [1.165, 1.54) is 128 Å². The summed E-state index contributed by atoms with van der Waals surface area (Å²) in [7, 11) is 1.43. The van der Waals surface area contributed by atoms with Crippen molar-refractivity contribution in [3.8, 4) is 0 Å². The molecule has 0 aromatic rings. The first-order valence-electron chi connectivity index (χ1n) is 36.9. The minimum absolute atomic E-state index is 0.0155. The highest BCUT2D eigenvalue weighted by Crippen LogP contribution is 2.43. The van der Waals surface area contributed by atoms with Crippen molar-refractivity contribution in [1.82, 2.24) is 0 Å². The molecule has 522 valence electrons. The predicted octanol–water partition coefficient (Wildman–Crippen LogP) is 24.5. The second kappa shape index (κ2) is 70.7. The van der Waals surface area contributed by atoms with Crippen LogP contribution in [-0.4, -0.2) is 74.9 Å². The fraction of sp³-hybridized carbons (Fsp3) is 0.634. The Bertz CT molecular complexity index is 2160. The molecule has 1 N–H and O–H groups in total. The van der Waals surface area contributed by atoms with Crippen LogP contribution in [0.5, 0.6) is 0 Å². The lowest BCUT2D eigenvalue weighted by Gasteiger charge is -2.24. The molecule has 0 saturated heterocycles. The molecule has 0 aromatic carbocycles. The fourth-order valence-electron chi connectivity index (χ4n) is 9.68. The van der Waals surface area contributed by atoms with E-state index in [4.69, 9.17) is 18.5 Å². The molecule has 9 nitrogen and oxygen atoms in total. The molecule has 0 fully saturated rings. The number of hydrogen-bond donors (Lipinski definition) is 1. The third kappa shape index (κ3) is 74.4. The van der Waals surface area contributed by atoms with Crippen molar-refractivity contribution in [2.24, 2.45) is 0 Å². The molecule has 0 rings (SSSR count). The lowest BCUT2D eigenvalue weighted by atomic mass is 10.0. The van der Waals surface area contributed by atoms with Crippen LogP contribution in [0.2, 0.25) is 0 Å². The highest BCUT2D eigenvalue weighted by molar-refractivity contribution is 7.47. The molecule has 0 amide bonds. The zero-order valence-electron chi connectivity index (χ0n) is 59.5. The van der Waals surface area contributed by atoms with E-state index in [1.807, 2.05) is 21.1 Å². The molecule has 92 heavy (non-hydrogen) atoms. The first-order valence-corrected chi connectivity index (χ1v) is 38.4. The van der Waals surface area contributed by atoms with Gasteiger partial charge in [-0.15, -0.1) is 0 Å². The SMILES string of the molecule is CC/C=C\C/C=C\C/C=C\C/C=C\C/C=C\C/C=C\C/C=C\C/C=C\C/C=C\C/C=C\CCCCC(=O)OC(COC(=O)CCCCCCCCCCCCCCCCCCCCCCCC/C=C\C/C=C\C/C=C\C/C=C\CC)COP(=O)(O)OCC[N+](C)(C)C. The van der Waals surface area contributed by atoms with Crippen LogP contribution in [0.4, 0.5) is 0 Å². The molecular weight excluding hydrogens is 1160 g/mol. The van der Waals surface area contributed by atoms with E-state index < -0.39 is 26.5 Å². The number of ether oxygens (including phenoxy) is 2. The van der Waals surface area contributed by atoms with E-state index in [-0.39, 0.29) is 32.0 Å². The molecule has 0 radical (unpaired) electrons. The Labute approximate surface area is 566 Å². The molecule has 0 bridgehead atoms. The number of carbonyl (C=O) groups excluding carboxylic acids is 2. The Hall–Kier alpha value is -4.63. The third-order valence-electron chi connectivity index (χ3n) is 15.2. The number of phosphoric acid groups is 1. The van der Waals surface area contributed by atoms with Gasteiger partial charge in [0.15, 0.2) is 6.10 Å². The summed E-state index contributed by atoms with van der Waals surface area (Å²) in [6, 6.07) is 0. The van der Waals surface area contributed by atoms with Gasteiger partial charge in [0.1, 0.15) is 19.8 Å². The van der Waals surface area contributed by atoms with Crippen LogP contribution in [0.25, 0.3) is 0 Å². The predicted molar refractivity (Wildman–Crippen MR) is 399 cm³/mol. The average molecular weight is 1300 g/mol. The molecule has 0 aromatic heterocycles. The lowest BCUT2D eigenvalue weighted by molar-refractivity contribution is -0.870. The quantitative estimate of drug-likeness (QED) is 0.0211. The zero-order chi connectivity index (χ0) is 66.9. The van der Waals surface area contributed by atoms with Crippen molar-refractivity contribution >= 4 is 19.8 Å². The van der Waals surface area contributed by atoms with Crippen molar-refractivity contribution < 1.29 is 42.1 Å². The molecule has 2 unspecified atom stereocenters. The van der Waals surface area contributed by atoms with Crippen LogP contribution in [-0.2, 0) is 32.7 Å². The normalized spacial score (nSPS) is 14.1. The van der Waals surface area contributed by atoms with Crippen LogP contribution < -0.4 is 0 Å². The topological polar surface area (TPSA) is 108 Å². The standard InChI is InChI=1S/C82H136NO8P/c1-6-8-10-12-14-16-18-20-22-24-26-28-30-32-34-36-38-40-41-43-44-46-48-50-52-54-56-58-60-62-64-66-68-70-72-74-81(84)88-78-80(79-90-92(86,87)89-77-76-83(3,4)5)91-82(85)75-73-71-69-67-65-63-61-59-57-55-53-51-49-47-45-42-39-37-35-33-31-29-27-25-23-21-19-17-15-13-11-9-7-2/h8-11,14-17,20-23,26-29,33,35,39,42,47,49,53,55,59,61,65,67,80H,6-7,12-13,18-19,24-25,30-32,34,36-38,40-41,43-46,48,50-52,54,56-58,60,62-64,66,68-79H2,1-5H3/p+1/b10-8-,11-9-,16-14-,17-15-,22-20-,23-21-,28-26-,29-27-,35-33-,42-39-,49-47-,55-53-,61-59-,67-65-. The number of quaternary nitrogens is 1. The monoisotopic (exact) mass is 1300 g/mol. The highest BCUT2D eigenvalue weighted by atomic mass is 31.2. The minimum Gasteiger partial charge on any atom is -0.462 e. The molecule has 0 spiro atoms. The summed E-state index contributed by atoms with van der Waals surface area (Å²) in [5.74, 6) is -0.852. The maximum atomic E-state index is 12.9. The molecule has 0 saturated carbocycles. The summed E-state index contributed by atoms with van der Waals surface area (Å²) in [5.41, 5.74) is 0. The summed E-state index contributed by atoms with van der Waals surface area (Å²) >= 11 is 0. The molecule has 0 heterocycles. The second-order valence-corrected chi connectivity index (χ2v) is 26.7. The van der Waals surface area contributed by atoms with Gasteiger partial charge in [-0.1, -0.05) is 312 Å². The Morgan fingerprint density at radius 1 is 0.337 bits per heavy atom. The summed E-state index contributed by atoms with van der Waals surface area (Å²) in [5, 5.41) is 0. The van der Waals surface area contributed by atoms with Gasteiger partial charge in [-0.05, 0) is 128 Å². The van der Waals surface area contributed by atoms with Gasteiger partial charge in [-0.25, -0.2) is 4.57 Å². The van der Waals surface area contributed by atoms with E-state index in [0.29, 0.717) is 17.4 Å². The van der Waals surface area contributed by atoms with Gasteiger partial charge in [-0.3, -0.25) is 18.6 Å². The average Bonchev–Trinajstić information content (AvgIpc) is 2.23. The fourth-order valence-corrected chi connectivity index (χ4v) is 10.4. The Morgan fingerprint density at radius 3 is 0.891 bits per heavy atom.